The highest BCUT2D eigenvalue weighted by atomic mass is 16.5. The molecule has 0 bridgehead atoms. The largest absolute Gasteiger partial charge is 0.493 e. The Kier molecular flexibility index (Phi) is 8.02. The van der Waals surface area contributed by atoms with Crippen molar-refractivity contribution in [2.24, 2.45) is 0 Å². The van der Waals surface area contributed by atoms with E-state index in [2.05, 4.69) is 5.32 Å². The van der Waals surface area contributed by atoms with E-state index in [4.69, 9.17) is 19.3 Å². The minimum absolute atomic E-state index is 0.124. The molecule has 1 atom stereocenters. The van der Waals surface area contributed by atoms with Crippen LogP contribution in [0.5, 0.6) is 11.5 Å². The summed E-state index contributed by atoms with van der Waals surface area (Å²) in [7, 11) is 3.26. The lowest BCUT2D eigenvalue weighted by atomic mass is 10.1. The first kappa shape index (κ1) is 16.8. The Morgan fingerprint density at radius 1 is 1.20 bits per heavy atom. The number of hydrogen-bond acceptors (Lipinski definition) is 5. The van der Waals surface area contributed by atoms with Crippen LogP contribution in [0.1, 0.15) is 18.9 Å². The van der Waals surface area contributed by atoms with E-state index in [-0.39, 0.29) is 12.6 Å². The predicted octanol–water partition coefficient (Wildman–Crippen LogP) is 1.58. The van der Waals surface area contributed by atoms with Gasteiger partial charge in [0.2, 0.25) is 0 Å². The second kappa shape index (κ2) is 9.58. The molecule has 0 fully saturated rings. The van der Waals surface area contributed by atoms with E-state index in [1.54, 1.807) is 14.2 Å². The highest BCUT2D eigenvalue weighted by Crippen LogP contribution is 2.28. The Labute approximate surface area is 120 Å². The first-order chi connectivity index (χ1) is 9.74. The maximum absolute atomic E-state index is 9.15. The molecule has 0 spiro atoms. The summed E-state index contributed by atoms with van der Waals surface area (Å²) in [5.74, 6) is 1.42. The molecule has 2 N–H and O–H groups in total. The van der Waals surface area contributed by atoms with Gasteiger partial charge in [-0.1, -0.05) is 13.0 Å². The van der Waals surface area contributed by atoms with Gasteiger partial charge in [-0.25, -0.2) is 0 Å². The summed E-state index contributed by atoms with van der Waals surface area (Å²) in [5, 5.41) is 12.4. The van der Waals surface area contributed by atoms with Crippen LogP contribution in [0.15, 0.2) is 18.2 Å². The van der Waals surface area contributed by atoms with Crippen LogP contribution >= 0.6 is 0 Å². The first-order valence-electron chi connectivity index (χ1n) is 6.88. The summed E-state index contributed by atoms with van der Waals surface area (Å²) < 4.78 is 15.9. The lowest BCUT2D eigenvalue weighted by Crippen LogP contribution is -2.31. The summed E-state index contributed by atoms with van der Waals surface area (Å²) in [4.78, 5) is 0. The SMILES string of the molecule is CCC(CO)NCc1ccc(OCCOC)c(OC)c1. The van der Waals surface area contributed by atoms with Crippen molar-refractivity contribution < 1.29 is 19.3 Å². The Morgan fingerprint density at radius 3 is 2.60 bits per heavy atom. The molecule has 0 radical (unpaired) electrons. The van der Waals surface area contributed by atoms with Gasteiger partial charge in [0.05, 0.1) is 20.3 Å². The van der Waals surface area contributed by atoms with Crippen LogP contribution in [0.4, 0.5) is 0 Å². The average Bonchev–Trinajstić information content (AvgIpc) is 2.49. The molecule has 0 saturated heterocycles. The third-order valence-corrected chi connectivity index (χ3v) is 3.08. The van der Waals surface area contributed by atoms with Crippen molar-refractivity contribution in [3.05, 3.63) is 23.8 Å². The van der Waals surface area contributed by atoms with Crippen LogP contribution in [0.2, 0.25) is 0 Å². The van der Waals surface area contributed by atoms with Crippen molar-refractivity contribution in [2.75, 3.05) is 34.0 Å². The molecule has 5 nitrogen and oxygen atoms in total. The van der Waals surface area contributed by atoms with Gasteiger partial charge in [0.25, 0.3) is 0 Å². The molecule has 1 aromatic rings. The number of ether oxygens (including phenoxy) is 3. The van der Waals surface area contributed by atoms with Gasteiger partial charge < -0.3 is 24.6 Å². The summed E-state index contributed by atoms with van der Waals surface area (Å²) in [5.41, 5.74) is 1.09. The molecule has 0 heterocycles. The van der Waals surface area contributed by atoms with Crippen molar-refractivity contribution in [2.45, 2.75) is 25.9 Å². The fraction of sp³-hybridized carbons (Fsp3) is 0.600. The maximum atomic E-state index is 9.15. The van der Waals surface area contributed by atoms with Gasteiger partial charge in [-0.05, 0) is 24.1 Å². The molecule has 1 rings (SSSR count). The number of methoxy groups -OCH3 is 2. The van der Waals surface area contributed by atoms with Gasteiger partial charge in [0, 0.05) is 19.7 Å². The zero-order chi connectivity index (χ0) is 14.8. The molecule has 20 heavy (non-hydrogen) atoms. The van der Waals surface area contributed by atoms with E-state index in [1.807, 2.05) is 25.1 Å². The molecular weight excluding hydrogens is 258 g/mol. The van der Waals surface area contributed by atoms with E-state index >= 15 is 0 Å². The van der Waals surface area contributed by atoms with E-state index < -0.39 is 0 Å². The van der Waals surface area contributed by atoms with Crippen LogP contribution in [-0.2, 0) is 11.3 Å². The molecular formula is C15H25NO4. The summed E-state index contributed by atoms with van der Waals surface area (Å²) in [6.45, 7) is 3.91. The van der Waals surface area contributed by atoms with E-state index in [1.165, 1.54) is 0 Å². The summed E-state index contributed by atoms with van der Waals surface area (Å²) in [6.07, 6.45) is 0.895. The van der Waals surface area contributed by atoms with Crippen molar-refractivity contribution in [1.29, 1.82) is 0 Å². The third-order valence-electron chi connectivity index (χ3n) is 3.08. The molecule has 1 aromatic carbocycles. The molecule has 0 aliphatic heterocycles. The monoisotopic (exact) mass is 283 g/mol. The van der Waals surface area contributed by atoms with Crippen LogP contribution < -0.4 is 14.8 Å². The van der Waals surface area contributed by atoms with Gasteiger partial charge in [0.1, 0.15) is 6.61 Å². The summed E-state index contributed by atoms with van der Waals surface area (Å²) >= 11 is 0. The lowest BCUT2D eigenvalue weighted by molar-refractivity contribution is 0.144. The molecule has 0 aliphatic carbocycles. The molecule has 114 valence electrons. The third kappa shape index (κ3) is 5.36. The molecule has 5 heteroatoms. The summed E-state index contributed by atoms with van der Waals surface area (Å²) in [6, 6.07) is 5.95. The molecule has 0 aromatic heterocycles. The maximum Gasteiger partial charge on any atom is 0.161 e. The van der Waals surface area contributed by atoms with E-state index in [9.17, 15) is 0 Å². The second-order valence-electron chi connectivity index (χ2n) is 4.50. The van der Waals surface area contributed by atoms with Crippen molar-refractivity contribution >= 4 is 0 Å². The minimum atomic E-state index is 0.124. The molecule has 0 aliphatic rings. The predicted molar refractivity (Wildman–Crippen MR) is 78.4 cm³/mol. The van der Waals surface area contributed by atoms with Crippen LogP contribution in [0.25, 0.3) is 0 Å². The number of nitrogens with one attached hydrogen (secondary N) is 1. The number of rotatable bonds is 10. The lowest BCUT2D eigenvalue weighted by Gasteiger charge is -2.15. The number of aliphatic hydroxyl groups excluding tert-OH is 1. The van der Waals surface area contributed by atoms with Gasteiger partial charge in [-0.2, -0.15) is 0 Å². The number of hydrogen-bond donors (Lipinski definition) is 2. The number of aliphatic hydroxyl groups is 1. The standard InChI is InChI=1S/C15H25NO4/c1-4-13(11-17)16-10-12-5-6-14(15(9-12)19-3)20-8-7-18-2/h5-6,9,13,16-17H,4,7-8,10-11H2,1-3H3. The molecule has 1 unspecified atom stereocenters. The van der Waals surface area contributed by atoms with Crippen LogP contribution in [0, 0.1) is 0 Å². The van der Waals surface area contributed by atoms with Crippen molar-refractivity contribution in [1.82, 2.24) is 5.32 Å². The molecule has 0 saturated carbocycles. The Bertz CT molecular complexity index is 380. The molecule has 0 amide bonds. The fourth-order valence-electron chi connectivity index (χ4n) is 1.78. The number of benzene rings is 1. The normalized spacial score (nSPS) is 12.2. The van der Waals surface area contributed by atoms with Gasteiger partial charge in [0.15, 0.2) is 11.5 Å². The zero-order valence-electron chi connectivity index (χ0n) is 12.5. The van der Waals surface area contributed by atoms with Gasteiger partial charge >= 0.3 is 0 Å². The van der Waals surface area contributed by atoms with Gasteiger partial charge in [-0.3, -0.25) is 0 Å². The Balaban J connectivity index is 2.61. The van der Waals surface area contributed by atoms with Gasteiger partial charge in [-0.15, -0.1) is 0 Å². The fourth-order valence-corrected chi connectivity index (χ4v) is 1.78. The highest BCUT2D eigenvalue weighted by Gasteiger charge is 2.08. The van der Waals surface area contributed by atoms with Crippen molar-refractivity contribution in [3.8, 4) is 11.5 Å². The van der Waals surface area contributed by atoms with E-state index in [0.29, 0.717) is 31.3 Å². The quantitative estimate of drug-likeness (QED) is 0.638. The second-order valence-corrected chi connectivity index (χ2v) is 4.50. The minimum Gasteiger partial charge on any atom is -0.493 e. The van der Waals surface area contributed by atoms with Crippen LogP contribution in [-0.4, -0.2) is 45.2 Å². The average molecular weight is 283 g/mol. The zero-order valence-corrected chi connectivity index (χ0v) is 12.5. The smallest absolute Gasteiger partial charge is 0.161 e. The Morgan fingerprint density at radius 2 is 2.00 bits per heavy atom. The van der Waals surface area contributed by atoms with Crippen molar-refractivity contribution in [3.63, 3.8) is 0 Å². The first-order valence-corrected chi connectivity index (χ1v) is 6.88. The van der Waals surface area contributed by atoms with E-state index in [0.717, 1.165) is 12.0 Å². The highest BCUT2D eigenvalue weighted by molar-refractivity contribution is 5.42. The topological polar surface area (TPSA) is 60.0 Å². The van der Waals surface area contributed by atoms with Crippen LogP contribution in [0.3, 0.4) is 0 Å². The Hall–Kier alpha value is -1.30.